The third-order valence-corrected chi connectivity index (χ3v) is 2.80. The van der Waals surface area contributed by atoms with Crippen molar-refractivity contribution in [1.29, 1.82) is 0 Å². The van der Waals surface area contributed by atoms with Crippen LogP contribution in [0.3, 0.4) is 0 Å². The second kappa shape index (κ2) is 8.90. The summed E-state index contributed by atoms with van der Waals surface area (Å²) in [7, 11) is 0. The number of benzene rings is 1. The Balaban J connectivity index is 2.40. The zero-order valence-electron chi connectivity index (χ0n) is 12.9. The lowest BCUT2D eigenvalue weighted by atomic mass is 10.1. The van der Waals surface area contributed by atoms with Crippen LogP contribution in [0.25, 0.3) is 0 Å². The number of hydrogen-bond acceptors (Lipinski definition) is 4. The molecule has 0 aliphatic heterocycles. The molecular formula is C15H17F3N2O4. The number of hydrogen-bond donors (Lipinski definition) is 2. The largest absolute Gasteiger partial charge is 0.452 e. The summed E-state index contributed by atoms with van der Waals surface area (Å²) in [4.78, 5) is 34.3. The first-order valence-corrected chi connectivity index (χ1v) is 7.11. The molecule has 0 saturated carbocycles. The molecule has 0 spiro atoms. The Bertz CT molecular complexity index is 585. The van der Waals surface area contributed by atoms with Gasteiger partial charge in [0.1, 0.15) is 0 Å². The Labute approximate surface area is 136 Å². The molecule has 6 nitrogen and oxygen atoms in total. The van der Waals surface area contributed by atoms with Gasteiger partial charge in [0, 0.05) is 6.54 Å². The number of rotatable bonds is 7. The highest BCUT2D eigenvalue weighted by atomic mass is 19.4. The van der Waals surface area contributed by atoms with Crippen LogP contribution in [0.1, 0.15) is 29.3 Å². The average Bonchev–Trinajstić information content (AvgIpc) is 2.55. The number of carbonyl (C=O) groups is 3. The molecule has 1 aromatic rings. The van der Waals surface area contributed by atoms with E-state index >= 15 is 0 Å². The predicted molar refractivity (Wildman–Crippen MR) is 78.0 cm³/mol. The van der Waals surface area contributed by atoms with Crippen molar-refractivity contribution in [2.24, 2.45) is 0 Å². The fourth-order valence-corrected chi connectivity index (χ4v) is 1.57. The maximum absolute atomic E-state index is 12.4. The normalized spacial score (nSPS) is 10.8. The Kier molecular flexibility index (Phi) is 7.22. The maximum Gasteiger partial charge on any atom is 0.416 e. The van der Waals surface area contributed by atoms with Crippen LogP contribution in [-0.4, -0.2) is 37.5 Å². The van der Waals surface area contributed by atoms with E-state index in [-0.39, 0.29) is 18.0 Å². The molecule has 0 saturated heterocycles. The van der Waals surface area contributed by atoms with E-state index in [1.165, 1.54) is 0 Å². The van der Waals surface area contributed by atoms with Gasteiger partial charge in [0.15, 0.2) is 6.61 Å². The number of amides is 2. The monoisotopic (exact) mass is 346 g/mol. The molecule has 0 bridgehead atoms. The zero-order valence-corrected chi connectivity index (χ0v) is 12.9. The van der Waals surface area contributed by atoms with Crippen molar-refractivity contribution in [1.82, 2.24) is 10.6 Å². The second-order valence-electron chi connectivity index (χ2n) is 4.78. The van der Waals surface area contributed by atoms with E-state index < -0.39 is 30.2 Å². The molecule has 0 radical (unpaired) electrons. The molecule has 0 aromatic heterocycles. The van der Waals surface area contributed by atoms with Crippen molar-refractivity contribution in [3.8, 4) is 0 Å². The van der Waals surface area contributed by atoms with Gasteiger partial charge in [-0.3, -0.25) is 9.59 Å². The summed E-state index contributed by atoms with van der Waals surface area (Å²) in [5, 5.41) is 4.79. The minimum absolute atomic E-state index is 0.114. The van der Waals surface area contributed by atoms with E-state index in [4.69, 9.17) is 0 Å². The highest BCUT2D eigenvalue weighted by Gasteiger charge is 2.30. The molecule has 24 heavy (non-hydrogen) atoms. The third-order valence-electron chi connectivity index (χ3n) is 2.80. The molecule has 132 valence electrons. The fraction of sp³-hybridized carbons (Fsp3) is 0.400. The van der Waals surface area contributed by atoms with Gasteiger partial charge in [-0.15, -0.1) is 0 Å². The number of ether oxygens (including phenoxy) is 1. The first kappa shape index (κ1) is 19.5. The van der Waals surface area contributed by atoms with Crippen LogP contribution in [0.2, 0.25) is 0 Å². The molecule has 0 unspecified atom stereocenters. The van der Waals surface area contributed by atoms with Gasteiger partial charge in [-0.1, -0.05) is 6.92 Å². The molecule has 2 N–H and O–H groups in total. The van der Waals surface area contributed by atoms with Crippen molar-refractivity contribution in [3.63, 3.8) is 0 Å². The van der Waals surface area contributed by atoms with Gasteiger partial charge in [0.2, 0.25) is 5.91 Å². The van der Waals surface area contributed by atoms with Gasteiger partial charge in [-0.05, 0) is 30.7 Å². The van der Waals surface area contributed by atoms with Crippen LogP contribution < -0.4 is 10.6 Å². The summed E-state index contributed by atoms with van der Waals surface area (Å²) < 4.78 is 41.9. The van der Waals surface area contributed by atoms with Crippen molar-refractivity contribution in [3.05, 3.63) is 35.4 Å². The highest BCUT2D eigenvalue weighted by molar-refractivity contribution is 5.92. The average molecular weight is 346 g/mol. The van der Waals surface area contributed by atoms with E-state index in [1.807, 2.05) is 6.92 Å². The predicted octanol–water partition coefficient (Wildman–Crippen LogP) is 1.50. The van der Waals surface area contributed by atoms with Gasteiger partial charge in [-0.2, -0.15) is 13.2 Å². The van der Waals surface area contributed by atoms with Crippen LogP contribution in [0.4, 0.5) is 13.2 Å². The molecular weight excluding hydrogens is 329 g/mol. The SMILES string of the molecule is CCCNC(=O)CNC(=O)COC(=O)c1ccc(C(F)(F)F)cc1. The van der Waals surface area contributed by atoms with E-state index in [0.717, 1.165) is 30.7 Å². The Hall–Kier alpha value is -2.58. The van der Waals surface area contributed by atoms with Crippen molar-refractivity contribution >= 4 is 17.8 Å². The van der Waals surface area contributed by atoms with Crippen LogP contribution in [0.5, 0.6) is 0 Å². The minimum atomic E-state index is -4.50. The number of halogens is 3. The molecule has 0 aliphatic rings. The lowest BCUT2D eigenvalue weighted by Crippen LogP contribution is -2.38. The second-order valence-corrected chi connectivity index (χ2v) is 4.78. The van der Waals surface area contributed by atoms with Crippen molar-refractivity contribution in [2.45, 2.75) is 19.5 Å². The number of nitrogens with one attached hydrogen (secondary N) is 2. The maximum atomic E-state index is 12.4. The Morgan fingerprint density at radius 3 is 2.21 bits per heavy atom. The number of alkyl halides is 3. The quantitative estimate of drug-likeness (QED) is 0.733. The van der Waals surface area contributed by atoms with E-state index in [1.54, 1.807) is 0 Å². The van der Waals surface area contributed by atoms with Crippen molar-refractivity contribution < 1.29 is 32.3 Å². The topological polar surface area (TPSA) is 84.5 Å². The molecule has 0 heterocycles. The smallest absolute Gasteiger partial charge is 0.416 e. The summed E-state index contributed by atoms with van der Waals surface area (Å²) in [6.45, 7) is 1.47. The molecule has 1 rings (SSSR count). The molecule has 0 aliphatic carbocycles. The first-order valence-electron chi connectivity index (χ1n) is 7.11. The van der Waals surface area contributed by atoms with Crippen LogP contribution in [-0.2, 0) is 20.5 Å². The van der Waals surface area contributed by atoms with E-state index in [2.05, 4.69) is 15.4 Å². The Morgan fingerprint density at radius 2 is 1.67 bits per heavy atom. The fourth-order valence-electron chi connectivity index (χ4n) is 1.57. The summed E-state index contributed by atoms with van der Waals surface area (Å²) in [6.07, 6.45) is -3.74. The summed E-state index contributed by atoms with van der Waals surface area (Å²) in [5.74, 6) is -2.00. The lowest BCUT2D eigenvalue weighted by molar-refractivity contribution is -0.137. The first-order chi connectivity index (χ1) is 11.2. The van der Waals surface area contributed by atoms with Gasteiger partial charge in [0.05, 0.1) is 17.7 Å². The summed E-state index contributed by atoms with van der Waals surface area (Å²) >= 11 is 0. The van der Waals surface area contributed by atoms with Crippen LogP contribution in [0, 0.1) is 0 Å². The standard InChI is InChI=1S/C15H17F3N2O4/c1-2-7-19-12(21)8-20-13(22)9-24-14(23)10-3-5-11(6-4-10)15(16,17)18/h3-6H,2,7-9H2,1H3,(H,19,21)(H,20,22). The van der Waals surface area contributed by atoms with Gasteiger partial charge in [0.25, 0.3) is 5.91 Å². The van der Waals surface area contributed by atoms with Crippen LogP contribution in [0.15, 0.2) is 24.3 Å². The van der Waals surface area contributed by atoms with E-state index in [9.17, 15) is 27.6 Å². The van der Waals surface area contributed by atoms with Gasteiger partial charge >= 0.3 is 12.1 Å². The molecule has 2 amide bonds. The zero-order chi connectivity index (χ0) is 18.2. The molecule has 9 heteroatoms. The van der Waals surface area contributed by atoms with Crippen molar-refractivity contribution in [2.75, 3.05) is 19.7 Å². The lowest BCUT2D eigenvalue weighted by Gasteiger charge is -2.08. The molecule has 0 atom stereocenters. The van der Waals surface area contributed by atoms with Gasteiger partial charge < -0.3 is 15.4 Å². The number of carbonyl (C=O) groups excluding carboxylic acids is 3. The van der Waals surface area contributed by atoms with Crippen LogP contribution >= 0.6 is 0 Å². The summed E-state index contributed by atoms with van der Waals surface area (Å²) in [6, 6.07) is 3.41. The van der Waals surface area contributed by atoms with E-state index in [0.29, 0.717) is 6.54 Å². The number of esters is 1. The minimum Gasteiger partial charge on any atom is -0.452 e. The summed E-state index contributed by atoms with van der Waals surface area (Å²) in [5.41, 5.74) is -1.01. The molecule has 0 fully saturated rings. The third kappa shape index (κ3) is 6.67. The van der Waals surface area contributed by atoms with Gasteiger partial charge in [-0.25, -0.2) is 4.79 Å². The molecule has 1 aromatic carbocycles. The highest BCUT2D eigenvalue weighted by Crippen LogP contribution is 2.29. The Morgan fingerprint density at radius 1 is 1.04 bits per heavy atom.